The molecular formula is C19H17ClFN3O2. The van der Waals surface area contributed by atoms with Crippen LogP contribution in [0.4, 0.5) is 10.2 Å². The molecule has 3 aromatic rings. The Morgan fingerprint density at radius 1 is 1.23 bits per heavy atom. The third-order valence-electron chi connectivity index (χ3n) is 3.66. The summed E-state index contributed by atoms with van der Waals surface area (Å²) in [5, 5.41) is 7.36. The van der Waals surface area contributed by atoms with Crippen LogP contribution in [0.2, 0.25) is 5.02 Å². The molecule has 1 heterocycles. The molecule has 7 heteroatoms. The van der Waals surface area contributed by atoms with Crippen molar-refractivity contribution in [3.63, 3.8) is 0 Å². The first-order chi connectivity index (χ1) is 12.5. The molecule has 0 saturated heterocycles. The number of aromatic nitrogens is 2. The number of ether oxygens (including phenoxy) is 1. The smallest absolute Gasteiger partial charge is 0.256 e. The van der Waals surface area contributed by atoms with E-state index in [0.717, 1.165) is 5.56 Å². The van der Waals surface area contributed by atoms with Gasteiger partial charge in [-0.3, -0.25) is 9.48 Å². The molecule has 0 aliphatic carbocycles. The van der Waals surface area contributed by atoms with Gasteiger partial charge in [-0.25, -0.2) is 4.39 Å². The van der Waals surface area contributed by atoms with Gasteiger partial charge in [0.15, 0.2) is 5.82 Å². The van der Waals surface area contributed by atoms with Crippen molar-refractivity contribution in [2.75, 3.05) is 11.9 Å². The highest BCUT2D eigenvalue weighted by Crippen LogP contribution is 2.19. The van der Waals surface area contributed by atoms with Crippen LogP contribution in [0, 0.1) is 5.82 Å². The van der Waals surface area contributed by atoms with Crippen molar-refractivity contribution >= 4 is 23.3 Å². The molecule has 0 aliphatic rings. The SMILES string of the molecule is CCOc1ccc(C(=O)Nc2ccn(Cc3ccc(F)cc3Cl)n2)cc1. The number of nitrogens with zero attached hydrogens (tertiary/aromatic N) is 2. The molecule has 0 bridgehead atoms. The molecule has 0 fully saturated rings. The molecule has 0 radical (unpaired) electrons. The van der Waals surface area contributed by atoms with Gasteiger partial charge >= 0.3 is 0 Å². The van der Waals surface area contributed by atoms with Gasteiger partial charge in [-0.05, 0) is 48.9 Å². The number of hydrogen-bond donors (Lipinski definition) is 1. The minimum Gasteiger partial charge on any atom is -0.494 e. The van der Waals surface area contributed by atoms with Gasteiger partial charge in [-0.15, -0.1) is 0 Å². The van der Waals surface area contributed by atoms with Crippen molar-refractivity contribution in [2.45, 2.75) is 13.5 Å². The summed E-state index contributed by atoms with van der Waals surface area (Å²) in [6.45, 7) is 2.84. The van der Waals surface area contributed by atoms with Gasteiger partial charge in [-0.1, -0.05) is 17.7 Å². The zero-order chi connectivity index (χ0) is 18.5. The van der Waals surface area contributed by atoms with Crippen molar-refractivity contribution in [1.29, 1.82) is 0 Å². The lowest BCUT2D eigenvalue weighted by molar-refractivity contribution is 0.102. The zero-order valence-electron chi connectivity index (χ0n) is 14.1. The van der Waals surface area contributed by atoms with Crippen LogP contribution in [0.3, 0.4) is 0 Å². The van der Waals surface area contributed by atoms with Crippen LogP contribution in [-0.4, -0.2) is 22.3 Å². The summed E-state index contributed by atoms with van der Waals surface area (Å²) >= 11 is 6.02. The normalized spacial score (nSPS) is 10.6. The Bertz CT molecular complexity index is 909. The fraction of sp³-hybridized carbons (Fsp3) is 0.158. The largest absolute Gasteiger partial charge is 0.494 e. The molecule has 3 rings (SSSR count). The average Bonchev–Trinajstić information content (AvgIpc) is 3.05. The van der Waals surface area contributed by atoms with Gasteiger partial charge in [0.25, 0.3) is 5.91 Å². The van der Waals surface area contributed by atoms with Crippen molar-refractivity contribution in [3.05, 3.63) is 76.7 Å². The van der Waals surface area contributed by atoms with Gasteiger partial charge < -0.3 is 10.1 Å². The summed E-state index contributed by atoms with van der Waals surface area (Å²) in [5.41, 5.74) is 1.24. The number of carbonyl (C=O) groups excluding carboxylic acids is 1. The molecule has 1 N–H and O–H groups in total. The van der Waals surface area contributed by atoms with Gasteiger partial charge in [0.05, 0.1) is 13.2 Å². The minimum atomic E-state index is -0.387. The summed E-state index contributed by atoms with van der Waals surface area (Å²) in [6.07, 6.45) is 1.72. The van der Waals surface area contributed by atoms with E-state index in [0.29, 0.717) is 35.3 Å². The predicted molar refractivity (Wildman–Crippen MR) is 98.3 cm³/mol. The highest BCUT2D eigenvalue weighted by atomic mass is 35.5. The second-order valence-electron chi connectivity index (χ2n) is 5.55. The van der Waals surface area contributed by atoms with E-state index >= 15 is 0 Å². The monoisotopic (exact) mass is 373 g/mol. The molecule has 0 unspecified atom stereocenters. The van der Waals surface area contributed by atoms with Crippen LogP contribution in [-0.2, 0) is 6.54 Å². The van der Waals surface area contributed by atoms with Crippen molar-refractivity contribution in [3.8, 4) is 5.75 Å². The lowest BCUT2D eigenvalue weighted by atomic mass is 10.2. The number of nitrogens with one attached hydrogen (secondary N) is 1. The molecule has 1 aromatic heterocycles. The average molecular weight is 374 g/mol. The van der Waals surface area contributed by atoms with E-state index in [1.165, 1.54) is 12.1 Å². The zero-order valence-corrected chi connectivity index (χ0v) is 14.8. The molecular weight excluding hydrogens is 357 g/mol. The fourth-order valence-electron chi connectivity index (χ4n) is 2.40. The molecule has 0 atom stereocenters. The summed E-state index contributed by atoms with van der Waals surface area (Å²) in [6, 6.07) is 12.8. The van der Waals surface area contributed by atoms with E-state index in [2.05, 4.69) is 10.4 Å². The van der Waals surface area contributed by atoms with Crippen molar-refractivity contribution < 1.29 is 13.9 Å². The van der Waals surface area contributed by atoms with Crippen LogP contribution in [0.5, 0.6) is 5.75 Å². The van der Waals surface area contributed by atoms with Crippen LogP contribution in [0.15, 0.2) is 54.7 Å². The minimum absolute atomic E-state index is 0.266. The Balaban J connectivity index is 1.65. The molecule has 2 aromatic carbocycles. The molecule has 26 heavy (non-hydrogen) atoms. The molecule has 1 amide bonds. The Kier molecular flexibility index (Phi) is 5.53. The maximum atomic E-state index is 13.1. The molecule has 0 saturated carbocycles. The molecule has 5 nitrogen and oxygen atoms in total. The Hall–Kier alpha value is -2.86. The third-order valence-corrected chi connectivity index (χ3v) is 4.01. The first kappa shape index (κ1) is 17.9. The van der Waals surface area contributed by atoms with Crippen LogP contribution in [0.25, 0.3) is 0 Å². The highest BCUT2D eigenvalue weighted by Gasteiger charge is 2.09. The number of halogens is 2. The topological polar surface area (TPSA) is 56.1 Å². The first-order valence-electron chi connectivity index (χ1n) is 8.06. The van der Waals surface area contributed by atoms with E-state index in [1.54, 1.807) is 47.3 Å². The maximum Gasteiger partial charge on any atom is 0.256 e. The second-order valence-corrected chi connectivity index (χ2v) is 5.95. The van der Waals surface area contributed by atoms with Gasteiger partial charge in [0.1, 0.15) is 11.6 Å². The highest BCUT2D eigenvalue weighted by molar-refractivity contribution is 6.31. The van der Waals surface area contributed by atoms with Crippen molar-refractivity contribution in [2.24, 2.45) is 0 Å². The number of hydrogen-bond acceptors (Lipinski definition) is 3. The lowest BCUT2D eigenvalue weighted by Crippen LogP contribution is -2.13. The van der Waals surface area contributed by atoms with E-state index in [4.69, 9.17) is 16.3 Å². The van der Waals surface area contributed by atoms with Crippen LogP contribution in [0.1, 0.15) is 22.8 Å². The van der Waals surface area contributed by atoms with E-state index < -0.39 is 0 Å². The fourth-order valence-corrected chi connectivity index (χ4v) is 2.63. The Labute approximate surface area is 155 Å². The summed E-state index contributed by atoms with van der Waals surface area (Å²) < 4.78 is 20.1. The number of rotatable bonds is 6. The number of carbonyl (C=O) groups is 1. The Morgan fingerprint density at radius 2 is 2.00 bits per heavy atom. The molecule has 0 spiro atoms. The summed E-state index contributed by atoms with van der Waals surface area (Å²) in [4.78, 5) is 12.3. The lowest BCUT2D eigenvalue weighted by Gasteiger charge is -2.06. The van der Waals surface area contributed by atoms with Gasteiger partial charge in [0.2, 0.25) is 0 Å². The molecule has 134 valence electrons. The van der Waals surface area contributed by atoms with E-state index in [9.17, 15) is 9.18 Å². The van der Waals surface area contributed by atoms with E-state index in [-0.39, 0.29) is 11.7 Å². The standard InChI is InChI=1S/C19H17ClFN3O2/c1-2-26-16-7-4-13(5-8-16)19(25)22-18-9-10-24(23-18)12-14-3-6-15(21)11-17(14)20/h3-11H,2,12H2,1H3,(H,22,23,25). The number of amides is 1. The second kappa shape index (κ2) is 8.01. The van der Waals surface area contributed by atoms with Crippen molar-refractivity contribution in [1.82, 2.24) is 9.78 Å². The first-order valence-corrected chi connectivity index (χ1v) is 8.44. The number of anilines is 1. The molecule has 0 aliphatic heterocycles. The summed E-state index contributed by atoms with van der Waals surface area (Å²) in [7, 11) is 0. The van der Waals surface area contributed by atoms with Gasteiger partial charge in [0, 0.05) is 22.8 Å². The third kappa shape index (κ3) is 4.40. The van der Waals surface area contributed by atoms with Crippen LogP contribution >= 0.6 is 11.6 Å². The maximum absolute atomic E-state index is 13.1. The van der Waals surface area contributed by atoms with E-state index in [1.807, 2.05) is 6.92 Å². The quantitative estimate of drug-likeness (QED) is 0.697. The van der Waals surface area contributed by atoms with Crippen LogP contribution < -0.4 is 10.1 Å². The van der Waals surface area contributed by atoms with Gasteiger partial charge in [-0.2, -0.15) is 5.10 Å². The number of benzene rings is 2. The predicted octanol–water partition coefficient (Wildman–Crippen LogP) is 4.37. The summed E-state index contributed by atoms with van der Waals surface area (Å²) in [5.74, 6) is 0.479. The Morgan fingerprint density at radius 3 is 2.69 bits per heavy atom.